The predicted octanol–water partition coefficient (Wildman–Crippen LogP) is 7.13. The van der Waals surface area contributed by atoms with Crippen LogP contribution in [0.1, 0.15) is 47.7 Å². The minimum Gasteiger partial charge on any atom is -0.492 e. The van der Waals surface area contributed by atoms with Gasteiger partial charge < -0.3 is 4.74 Å². The molecule has 0 aliphatic rings. The van der Waals surface area contributed by atoms with Gasteiger partial charge in [0.1, 0.15) is 23.5 Å². The molecule has 0 bridgehead atoms. The van der Waals surface area contributed by atoms with Gasteiger partial charge in [-0.15, -0.1) is 0 Å². The third kappa shape index (κ3) is 6.22. The van der Waals surface area contributed by atoms with Crippen LogP contribution in [-0.4, -0.2) is 11.6 Å². The van der Waals surface area contributed by atoms with Crippen LogP contribution in [0.3, 0.4) is 0 Å². The molecule has 1 heterocycles. The lowest BCUT2D eigenvalue weighted by Crippen LogP contribution is -1.99. The predicted molar refractivity (Wildman–Crippen MR) is 134 cm³/mol. The largest absolute Gasteiger partial charge is 0.492 e. The zero-order chi connectivity index (χ0) is 24.6. The van der Waals surface area contributed by atoms with Gasteiger partial charge in [-0.3, -0.25) is 4.98 Å². The van der Waals surface area contributed by atoms with Crippen molar-refractivity contribution < 1.29 is 13.5 Å². The van der Waals surface area contributed by atoms with Gasteiger partial charge >= 0.3 is 0 Å². The molecule has 3 nitrogen and oxygen atoms in total. The van der Waals surface area contributed by atoms with Crippen molar-refractivity contribution in [1.82, 2.24) is 4.98 Å². The van der Waals surface area contributed by atoms with Gasteiger partial charge in [0.2, 0.25) is 0 Å². The van der Waals surface area contributed by atoms with Gasteiger partial charge in [0.25, 0.3) is 0 Å². The van der Waals surface area contributed by atoms with Crippen LogP contribution < -0.4 is 4.74 Å². The SMILES string of the molecule is CCCCOc1ccc(CCc2ccc3c(F)c(CCc4ccc(C#N)c(F)c4)ccc3c2)nc1. The lowest BCUT2D eigenvalue weighted by atomic mass is 9.97. The van der Waals surface area contributed by atoms with Crippen molar-refractivity contribution in [2.45, 2.75) is 45.4 Å². The number of fused-ring (bicyclic) bond motifs is 1. The first kappa shape index (κ1) is 24.3. The standard InChI is InChI=1S/C30H28F2N2O/c1-2-3-16-35-27-14-13-26(34-20-27)12-6-21-7-15-28-24(17-21)11-10-23(30(28)32)8-4-22-5-9-25(19-33)29(31)18-22/h5,7,9-11,13-15,17-18,20H,2-4,6,8,12,16H2,1H3. The topological polar surface area (TPSA) is 45.9 Å². The lowest BCUT2D eigenvalue weighted by Gasteiger charge is -2.10. The number of nitriles is 1. The molecular weight excluding hydrogens is 442 g/mol. The van der Waals surface area contributed by atoms with Gasteiger partial charge in [0, 0.05) is 11.1 Å². The molecule has 35 heavy (non-hydrogen) atoms. The molecule has 4 rings (SSSR count). The number of pyridine rings is 1. The van der Waals surface area contributed by atoms with Crippen LogP contribution in [-0.2, 0) is 25.7 Å². The molecule has 4 aromatic rings. The Morgan fingerprint density at radius 1 is 0.886 bits per heavy atom. The fraction of sp³-hybridized carbons (Fsp3) is 0.267. The van der Waals surface area contributed by atoms with Crippen LogP contribution in [0.25, 0.3) is 10.8 Å². The van der Waals surface area contributed by atoms with Gasteiger partial charge in [-0.25, -0.2) is 8.78 Å². The molecule has 1 aromatic heterocycles. The average molecular weight is 471 g/mol. The van der Waals surface area contributed by atoms with Gasteiger partial charge in [-0.05, 0) is 78.4 Å². The highest BCUT2D eigenvalue weighted by atomic mass is 19.1. The fourth-order valence-electron chi connectivity index (χ4n) is 4.07. The van der Waals surface area contributed by atoms with E-state index in [4.69, 9.17) is 10.00 Å². The van der Waals surface area contributed by atoms with E-state index in [2.05, 4.69) is 11.9 Å². The summed E-state index contributed by atoms with van der Waals surface area (Å²) < 4.78 is 34.7. The second-order valence-electron chi connectivity index (χ2n) is 8.71. The maximum Gasteiger partial charge on any atom is 0.141 e. The summed E-state index contributed by atoms with van der Waals surface area (Å²) in [4.78, 5) is 4.50. The van der Waals surface area contributed by atoms with Crippen LogP contribution in [0.15, 0.2) is 66.9 Å². The number of aryl methyl sites for hydroxylation is 4. The molecular formula is C30H28F2N2O. The normalized spacial score (nSPS) is 10.9. The Kier molecular flexibility index (Phi) is 8.05. The van der Waals surface area contributed by atoms with Crippen LogP contribution >= 0.6 is 0 Å². The maximum absolute atomic E-state index is 15.2. The summed E-state index contributed by atoms with van der Waals surface area (Å²) in [6.45, 7) is 2.84. The third-order valence-corrected chi connectivity index (χ3v) is 6.17. The number of unbranched alkanes of at least 4 members (excludes halogenated alkanes) is 1. The van der Waals surface area contributed by atoms with Crippen molar-refractivity contribution in [3.63, 3.8) is 0 Å². The highest BCUT2D eigenvalue weighted by molar-refractivity contribution is 5.84. The van der Waals surface area contributed by atoms with E-state index in [-0.39, 0.29) is 11.4 Å². The number of nitrogens with zero attached hydrogens (tertiary/aromatic N) is 2. The molecule has 5 heteroatoms. The van der Waals surface area contributed by atoms with Crippen molar-refractivity contribution in [2.75, 3.05) is 6.61 Å². The zero-order valence-corrected chi connectivity index (χ0v) is 19.9. The van der Waals surface area contributed by atoms with Gasteiger partial charge in [-0.2, -0.15) is 5.26 Å². The van der Waals surface area contributed by atoms with Crippen molar-refractivity contribution in [3.8, 4) is 11.8 Å². The minimum atomic E-state index is -0.539. The van der Waals surface area contributed by atoms with Crippen molar-refractivity contribution in [2.24, 2.45) is 0 Å². The summed E-state index contributed by atoms with van der Waals surface area (Å²) in [5, 5.41) is 10.3. The van der Waals surface area contributed by atoms with Crippen LogP contribution in [0, 0.1) is 23.0 Å². The summed E-state index contributed by atoms with van der Waals surface area (Å²) in [6, 6.07) is 19.9. The second-order valence-corrected chi connectivity index (χ2v) is 8.71. The molecule has 178 valence electrons. The van der Waals surface area contributed by atoms with Gasteiger partial charge in [0.05, 0.1) is 18.4 Å². The molecule has 0 fully saturated rings. The average Bonchev–Trinajstić information content (AvgIpc) is 2.88. The summed E-state index contributed by atoms with van der Waals surface area (Å²) in [5.74, 6) is 0.0231. The molecule has 0 unspecified atom stereocenters. The summed E-state index contributed by atoms with van der Waals surface area (Å²) in [6.07, 6.45) is 6.46. The number of benzene rings is 3. The Bertz CT molecular complexity index is 1340. The third-order valence-electron chi connectivity index (χ3n) is 6.17. The highest BCUT2D eigenvalue weighted by Gasteiger charge is 2.10. The van der Waals surface area contributed by atoms with Crippen LogP contribution in [0.2, 0.25) is 0 Å². The number of hydrogen-bond donors (Lipinski definition) is 0. The molecule has 0 aliphatic carbocycles. The van der Waals surface area contributed by atoms with Crippen molar-refractivity contribution in [1.29, 1.82) is 5.26 Å². The molecule has 0 atom stereocenters. The fourth-order valence-corrected chi connectivity index (χ4v) is 4.07. The molecule has 0 radical (unpaired) electrons. The Hall–Kier alpha value is -3.78. The smallest absolute Gasteiger partial charge is 0.141 e. The van der Waals surface area contributed by atoms with E-state index in [1.807, 2.05) is 42.5 Å². The molecule has 0 saturated carbocycles. The molecule has 0 saturated heterocycles. The number of rotatable bonds is 10. The molecule has 0 N–H and O–H groups in total. The molecule has 0 spiro atoms. The van der Waals surface area contributed by atoms with E-state index >= 15 is 4.39 Å². The zero-order valence-electron chi connectivity index (χ0n) is 19.9. The van der Waals surface area contributed by atoms with Gasteiger partial charge in [0.15, 0.2) is 0 Å². The van der Waals surface area contributed by atoms with Crippen molar-refractivity contribution >= 4 is 10.8 Å². The first-order valence-electron chi connectivity index (χ1n) is 12.0. The van der Waals surface area contributed by atoms with E-state index in [0.29, 0.717) is 30.4 Å². The van der Waals surface area contributed by atoms with E-state index in [0.717, 1.165) is 53.6 Å². The van der Waals surface area contributed by atoms with Gasteiger partial charge in [-0.1, -0.05) is 49.7 Å². The Balaban J connectivity index is 1.38. The van der Waals surface area contributed by atoms with Crippen LogP contribution in [0.5, 0.6) is 5.75 Å². The minimum absolute atomic E-state index is 0.0191. The number of ether oxygens (including phenoxy) is 1. The molecule has 3 aromatic carbocycles. The second kappa shape index (κ2) is 11.6. The molecule has 0 amide bonds. The number of hydrogen-bond acceptors (Lipinski definition) is 3. The highest BCUT2D eigenvalue weighted by Crippen LogP contribution is 2.24. The van der Waals surface area contributed by atoms with E-state index in [9.17, 15) is 4.39 Å². The van der Waals surface area contributed by atoms with Crippen molar-refractivity contribution in [3.05, 3.63) is 106 Å². The van der Waals surface area contributed by atoms with E-state index in [1.54, 1.807) is 18.3 Å². The Morgan fingerprint density at radius 2 is 1.69 bits per heavy atom. The molecule has 0 aliphatic heterocycles. The Labute approximate surface area is 205 Å². The number of aromatic nitrogens is 1. The first-order valence-corrected chi connectivity index (χ1v) is 12.0. The number of halogens is 2. The Morgan fingerprint density at radius 3 is 2.43 bits per heavy atom. The lowest BCUT2D eigenvalue weighted by molar-refractivity contribution is 0.308. The quantitative estimate of drug-likeness (QED) is 0.232. The maximum atomic E-state index is 15.2. The van der Waals surface area contributed by atoms with E-state index < -0.39 is 5.82 Å². The summed E-state index contributed by atoms with van der Waals surface area (Å²) in [7, 11) is 0. The van der Waals surface area contributed by atoms with E-state index in [1.165, 1.54) is 12.1 Å². The monoisotopic (exact) mass is 470 g/mol. The summed E-state index contributed by atoms with van der Waals surface area (Å²) >= 11 is 0. The first-order chi connectivity index (χ1) is 17.1. The van der Waals surface area contributed by atoms with Crippen LogP contribution in [0.4, 0.5) is 8.78 Å². The summed E-state index contributed by atoms with van der Waals surface area (Å²) in [5.41, 5.74) is 3.48.